The first-order chi connectivity index (χ1) is 12.2. The van der Waals surface area contributed by atoms with Gasteiger partial charge in [-0.2, -0.15) is 0 Å². The van der Waals surface area contributed by atoms with Crippen LogP contribution in [0.1, 0.15) is 17.5 Å². The molecule has 0 saturated heterocycles. The Morgan fingerprint density at radius 2 is 1.88 bits per heavy atom. The van der Waals surface area contributed by atoms with Gasteiger partial charge in [0, 0.05) is 6.42 Å². The first-order valence-electron chi connectivity index (χ1n) is 8.02. The van der Waals surface area contributed by atoms with Crippen molar-refractivity contribution in [1.29, 1.82) is 0 Å². The van der Waals surface area contributed by atoms with Crippen molar-refractivity contribution >= 4 is 17.6 Å². The van der Waals surface area contributed by atoms with Crippen LogP contribution >= 0.6 is 11.6 Å². The Morgan fingerprint density at radius 1 is 1.12 bits per heavy atom. The molecule has 0 fully saturated rings. The molecule has 1 heterocycles. The third-order valence-electron chi connectivity index (χ3n) is 3.77. The lowest BCUT2D eigenvalue weighted by Crippen LogP contribution is -2.08. The quantitative estimate of drug-likeness (QED) is 0.757. The van der Waals surface area contributed by atoms with Crippen LogP contribution in [-0.2, 0) is 22.6 Å². The standard InChI is InChI=1S/C19H19ClO5/c1-22-15-5-3-13(4-6-15)11-18(21)25-12-14-9-16(20)19-17(10-14)23-7-2-8-24-19/h3-6,9-10H,2,7-8,11-12H2,1H3. The molecule has 0 unspecified atom stereocenters. The number of carbonyl (C=O) groups is 1. The van der Waals surface area contributed by atoms with Crippen molar-refractivity contribution in [2.75, 3.05) is 20.3 Å². The van der Waals surface area contributed by atoms with Crippen LogP contribution in [0.4, 0.5) is 0 Å². The minimum Gasteiger partial charge on any atom is -0.497 e. The number of benzene rings is 2. The number of halogens is 1. The van der Waals surface area contributed by atoms with Crippen molar-refractivity contribution in [3.05, 3.63) is 52.5 Å². The Morgan fingerprint density at radius 3 is 2.64 bits per heavy atom. The fourth-order valence-electron chi connectivity index (χ4n) is 2.49. The van der Waals surface area contributed by atoms with E-state index in [4.69, 9.17) is 30.5 Å². The second-order valence-corrected chi connectivity index (χ2v) is 6.05. The predicted molar refractivity (Wildman–Crippen MR) is 93.6 cm³/mol. The van der Waals surface area contributed by atoms with Crippen LogP contribution < -0.4 is 14.2 Å². The Labute approximate surface area is 151 Å². The molecule has 0 aliphatic carbocycles. The van der Waals surface area contributed by atoms with Crippen LogP contribution in [0.5, 0.6) is 17.2 Å². The maximum Gasteiger partial charge on any atom is 0.310 e. The summed E-state index contributed by atoms with van der Waals surface area (Å²) in [5.41, 5.74) is 1.62. The molecule has 2 aromatic carbocycles. The molecule has 0 atom stereocenters. The Balaban J connectivity index is 1.60. The van der Waals surface area contributed by atoms with E-state index in [2.05, 4.69) is 0 Å². The number of hydrogen-bond donors (Lipinski definition) is 0. The van der Waals surface area contributed by atoms with Gasteiger partial charge in [-0.05, 0) is 35.4 Å². The highest BCUT2D eigenvalue weighted by molar-refractivity contribution is 6.32. The summed E-state index contributed by atoms with van der Waals surface area (Å²) in [5, 5.41) is 0.459. The van der Waals surface area contributed by atoms with Gasteiger partial charge in [-0.3, -0.25) is 4.79 Å². The summed E-state index contributed by atoms with van der Waals surface area (Å²) >= 11 is 6.24. The summed E-state index contributed by atoms with van der Waals surface area (Å²) in [6.07, 6.45) is 0.999. The van der Waals surface area contributed by atoms with Crippen LogP contribution in [0.3, 0.4) is 0 Å². The molecule has 1 aliphatic heterocycles. The second kappa shape index (κ2) is 8.12. The van der Waals surface area contributed by atoms with Gasteiger partial charge < -0.3 is 18.9 Å². The number of methoxy groups -OCH3 is 1. The van der Waals surface area contributed by atoms with Crippen molar-refractivity contribution in [3.63, 3.8) is 0 Å². The van der Waals surface area contributed by atoms with Gasteiger partial charge in [-0.1, -0.05) is 23.7 Å². The number of carbonyl (C=O) groups excluding carboxylic acids is 1. The normalized spacial score (nSPS) is 13.0. The fourth-order valence-corrected chi connectivity index (χ4v) is 2.78. The average Bonchev–Trinajstić information content (AvgIpc) is 2.86. The summed E-state index contributed by atoms with van der Waals surface area (Å²) in [6.45, 7) is 1.28. The number of hydrogen-bond acceptors (Lipinski definition) is 5. The van der Waals surface area contributed by atoms with Crippen molar-refractivity contribution in [2.24, 2.45) is 0 Å². The molecule has 0 amide bonds. The van der Waals surface area contributed by atoms with Crippen LogP contribution in [-0.4, -0.2) is 26.3 Å². The number of ether oxygens (including phenoxy) is 4. The molecule has 1 aliphatic rings. The summed E-state index contributed by atoms with van der Waals surface area (Å²) < 4.78 is 21.7. The summed E-state index contributed by atoms with van der Waals surface area (Å²) in [4.78, 5) is 12.0. The maximum absolute atomic E-state index is 12.0. The van der Waals surface area contributed by atoms with E-state index in [0.29, 0.717) is 29.7 Å². The predicted octanol–water partition coefficient (Wildman–Crippen LogP) is 3.80. The molecule has 0 saturated carbocycles. The smallest absolute Gasteiger partial charge is 0.310 e. The SMILES string of the molecule is COc1ccc(CC(=O)OCc2cc(Cl)c3c(c2)OCCCO3)cc1. The first kappa shape index (κ1) is 17.4. The monoisotopic (exact) mass is 362 g/mol. The summed E-state index contributed by atoms with van der Waals surface area (Å²) in [5.74, 6) is 1.58. The minimum atomic E-state index is -0.312. The zero-order valence-corrected chi connectivity index (χ0v) is 14.7. The van der Waals surface area contributed by atoms with E-state index in [0.717, 1.165) is 23.3 Å². The third-order valence-corrected chi connectivity index (χ3v) is 4.05. The number of esters is 1. The van der Waals surface area contributed by atoms with Crippen LogP contribution in [0.2, 0.25) is 5.02 Å². The van der Waals surface area contributed by atoms with Crippen molar-refractivity contribution < 1.29 is 23.7 Å². The lowest BCUT2D eigenvalue weighted by molar-refractivity contribution is -0.144. The lowest BCUT2D eigenvalue weighted by atomic mass is 10.1. The van der Waals surface area contributed by atoms with Gasteiger partial charge in [0.25, 0.3) is 0 Å². The Kier molecular flexibility index (Phi) is 5.66. The van der Waals surface area contributed by atoms with E-state index in [1.54, 1.807) is 19.2 Å². The highest BCUT2D eigenvalue weighted by atomic mass is 35.5. The molecule has 3 rings (SSSR count). The molecule has 0 spiro atoms. The molecule has 0 N–H and O–H groups in total. The molecule has 25 heavy (non-hydrogen) atoms. The van der Waals surface area contributed by atoms with Gasteiger partial charge in [0.05, 0.1) is 31.8 Å². The molecule has 6 heteroatoms. The topological polar surface area (TPSA) is 54.0 Å². The fraction of sp³-hybridized carbons (Fsp3) is 0.316. The molecular formula is C19H19ClO5. The van der Waals surface area contributed by atoms with E-state index in [1.165, 1.54) is 0 Å². The molecule has 0 radical (unpaired) electrons. The molecule has 2 aromatic rings. The Hall–Kier alpha value is -2.40. The third kappa shape index (κ3) is 4.57. The van der Waals surface area contributed by atoms with Crippen molar-refractivity contribution in [1.82, 2.24) is 0 Å². The van der Waals surface area contributed by atoms with Gasteiger partial charge in [-0.15, -0.1) is 0 Å². The van der Waals surface area contributed by atoms with Gasteiger partial charge in [-0.25, -0.2) is 0 Å². The zero-order chi connectivity index (χ0) is 17.6. The summed E-state index contributed by atoms with van der Waals surface area (Å²) in [7, 11) is 1.60. The van der Waals surface area contributed by atoms with E-state index in [9.17, 15) is 4.79 Å². The van der Waals surface area contributed by atoms with Crippen LogP contribution in [0.15, 0.2) is 36.4 Å². The van der Waals surface area contributed by atoms with Gasteiger partial charge in [0.1, 0.15) is 12.4 Å². The number of fused-ring (bicyclic) bond motifs is 1. The highest BCUT2D eigenvalue weighted by Gasteiger charge is 2.16. The average molecular weight is 363 g/mol. The molecular weight excluding hydrogens is 344 g/mol. The second-order valence-electron chi connectivity index (χ2n) is 5.64. The van der Waals surface area contributed by atoms with Gasteiger partial charge in [0.2, 0.25) is 0 Å². The van der Waals surface area contributed by atoms with Gasteiger partial charge in [0.15, 0.2) is 11.5 Å². The van der Waals surface area contributed by atoms with Crippen molar-refractivity contribution in [2.45, 2.75) is 19.4 Å². The Bertz CT molecular complexity index is 742. The van der Waals surface area contributed by atoms with Crippen LogP contribution in [0.25, 0.3) is 0 Å². The highest BCUT2D eigenvalue weighted by Crippen LogP contribution is 2.38. The van der Waals surface area contributed by atoms with E-state index >= 15 is 0 Å². The lowest BCUT2D eigenvalue weighted by Gasteiger charge is -2.12. The van der Waals surface area contributed by atoms with E-state index in [-0.39, 0.29) is 19.0 Å². The minimum absolute atomic E-state index is 0.130. The zero-order valence-electron chi connectivity index (χ0n) is 13.9. The molecule has 132 valence electrons. The van der Waals surface area contributed by atoms with Crippen LogP contribution in [0, 0.1) is 0 Å². The van der Waals surface area contributed by atoms with E-state index in [1.807, 2.05) is 24.3 Å². The maximum atomic E-state index is 12.0. The van der Waals surface area contributed by atoms with Crippen molar-refractivity contribution in [3.8, 4) is 17.2 Å². The first-order valence-corrected chi connectivity index (χ1v) is 8.40. The summed E-state index contributed by atoms with van der Waals surface area (Å²) in [6, 6.07) is 10.8. The molecule has 5 nitrogen and oxygen atoms in total. The number of rotatable bonds is 5. The van der Waals surface area contributed by atoms with Gasteiger partial charge >= 0.3 is 5.97 Å². The van der Waals surface area contributed by atoms with E-state index < -0.39 is 0 Å². The molecule has 0 aromatic heterocycles. The molecule has 0 bridgehead atoms. The largest absolute Gasteiger partial charge is 0.497 e.